The number of allylic oxidation sites excluding steroid dienone is 2. The fourth-order valence-electron chi connectivity index (χ4n) is 4.94. The van der Waals surface area contributed by atoms with Crippen LogP contribution >= 0.6 is 0 Å². The first-order chi connectivity index (χ1) is 16.8. The molecular weight excluding hydrogens is 438 g/mol. The predicted molar refractivity (Wildman–Crippen MR) is 139 cm³/mol. The third-order valence-electron chi connectivity index (χ3n) is 6.38. The van der Waals surface area contributed by atoms with Crippen LogP contribution < -0.4 is 0 Å². The van der Waals surface area contributed by atoms with E-state index in [1.807, 2.05) is 55.5 Å². The van der Waals surface area contributed by atoms with Gasteiger partial charge in [-0.25, -0.2) is 9.69 Å². The predicted octanol–water partition coefficient (Wildman–Crippen LogP) is 6.95. The Hall–Kier alpha value is -2.92. The van der Waals surface area contributed by atoms with Crippen LogP contribution in [0.5, 0.6) is 0 Å². The van der Waals surface area contributed by atoms with Crippen LogP contribution in [0.15, 0.2) is 72.3 Å². The molecule has 0 radical (unpaired) electrons. The van der Waals surface area contributed by atoms with Crippen molar-refractivity contribution in [1.29, 1.82) is 0 Å². The molecule has 2 amide bonds. The molecule has 0 bridgehead atoms. The average Bonchev–Trinajstić information content (AvgIpc) is 3.21. The molecule has 0 unspecified atom stereocenters. The molecule has 0 N–H and O–H groups in total. The first kappa shape index (κ1) is 26.7. The van der Waals surface area contributed by atoms with Crippen molar-refractivity contribution in [3.8, 4) is 0 Å². The zero-order valence-corrected chi connectivity index (χ0v) is 21.5. The van der Waals surface area contributed by atoms with Gasteiger partial charge in [0.2, 0.25) is 5.91 Å². The van der Waals surface area contributed by atoms with Crippen LogP contribution in [0.3, 0.4) is 0 Å². The Balaban J connectivity index is 1.43. The van der Waals surface area contributed by atoms with Gasteiger partial charge in [0.1, 0.15) is 12.6 Å². The Morgan fingerprint density at radius 2 is 1.69 bits per heavy atom. The van der Waals surface area contributed by atoms with E-state index in [1.165, 1.54) is 16.0 Å². The number of hydrogen-bond donors (Lipinski definition) is 0. The van der Waals surface area contributed by atoms with Gasteiger partial charge in [-0.3, -0.25) is 4.79 Å². The van der Waals surface area contributed by atoms with Crippen molar-refractivity contribution in [3.63, 3.8) is 0 Å². The lowest BCUT2D eigenvalue weighted by molar-refractivity contribution is -0.129. The van der Waals surface area contributed by atoms with Crippen LogP contribution in [0.1, 0.15) is 64.1 Å². The molecule has 4 atom stereocenters. The number of nitrogens with zero attached hydrogens (tertiary/aromatic N) is 1. The molecule has 3 rings (SSSR count). The summed E-state index contributed by atoms with van der Waals surface area (Å²) in [6.45, 7) is 10.3. The molecule has 1 aliphatic heterocycles. The molecule has 5 nitrogen and oxygen atoms in total. The summed E-state index contributed by atoms with van der Waals surface area (Å²) >= 11 is 0. The van der Waals surface area contributed by atoms with Gasteiger partial charge in [-0.1, -0.05) is 93.1 Å². The fourth-order valence-corrected chi connectivity index (χ4v) is 4.94. The van der Waals surface area contributed by atoms with E-state index in [9.17, 15) is 9.59 Å². The maximum Gasteiger partial charge on any atom is 0.417 e. The number of carbonyl (C=O) groups is 2. The van der Waals surface area contributed by atoms with E-state index >= 15 is 0 Å². The number of rotatable bonds is 12. The van der Waals surface area contributed by atoms with Crippen molar-refractivity contribution >= 4 is 12.0 Å². The van der Waals surface area contributed by atoms with Crippen LogP contribution in [-0.2, 0) is 20.9 Å². The topological polar surface area (TPSA) is 55.8 Å². The highest BCUT2D eigenvalue weighted by Crippen LogP contribution is 2.29. The third-order valence-corrected chi connectivity index (χ3v) is 6.38. The molecule has 35 heavy (non-hydrogen) atoms. The zero-order valence-electron chi connectivity index (χ0n) is 21.5. The van der Waals surface area contributed by atoms with E-state index in [4.69, 9.17) is 9.47 Å². The highest BCUT2D eigenvalue weighted by Gasteiger charge is 2.38. The van der Waals surface area contributed by atoms with Gasteiger partial charge in [0.25, 0.3) is 0 Å². The molecule has 0 spiro atoms. The standard InChI is InChI=1S/C30H39NO4/c1-22(15-23(2)17-25(4)19-34-20-26-11-7-5-8-12-26)16-24(3)18-29(32)31-28(21-35-30(31)33)27-13-9-6-10-14-27/h5-14,16,23-25,28H,15,17-21H2,1-4H3/b22-16+/t23-,24-,25+,28+/m1/s1. The lowest BCUT2D eigenvalue weighted by Gasteiger charge is -2.21. The summed E-state index contributed by atoms with van der Waals surface area (Å²) in [5, 5.41) is 0. The second-order valence-electron chi connectivity index (χ2n) is 10.1. The smallest absolute Gasteiger partial charge is 0.417 e. The van der Waals surface area contributed by atoms with E-state index in [1.54, 1.807) is 0 Å². The number of benzene rings is 2. The number of hydrogen-bond acceptors (Lipinski definition) is 4. The summed E-state index contributed by atoms with van der Waals surface area (Å²) in [6, 6.07) is 19.5. The van der Waals surface area contributed by atoms with Gasteiger partial charge in [-0.05, 0) is 48.6 Å². The normalized spacial score (nSPS) is 18.7. The molecule has 5 heteroatoms. The quantitative estimate of drug-likeness (QED) is 0.310. The van der Waals surface area contributed by atoms with Crippen molar-refractivity contribution in [3.05, 3.63) is 83.4 Å². The largest absolute Gasteiger partial charge is 0.446 e. The summed E-state index contributed by atoms with van der Waals surface area (Å²) in [7, 11) is 0. The maximum atomic E-state index is 13.0. The average molecular weight is 478 g/mol. The minimum Gasteiger partial charge on any atom is -0.446 e. The first-order valence-electron chi connectivity index (χ1n) is 12.7. The van der Waals surface area contributed by atoms with Crippen LogP contribution in [0, 0.1) is 17.8 Å². The van der Waals surface area contributed by atoms with Gasteiger partial charge in [-0.15, -0.1) is 0 Å². The summed E-state index contributed by atoms with van der Waals surface area (Å²) in [5.74, 6) is 0.874. The SMILES string of the molecule is C/C(=C\[C@@H](C)CC(=O)N1C(=O)OC[C@H]1c1ccccc1)C[C@@H](C)C[C@H](C)COCc1ccccc1. The second kappa shape index (κ2) is 13.2. The van der Waals surface area contributed by atoms with Crippen molar-refractivity contribution < 1.29 is 19.1 Å². The molecule has 1 aliphatic rings. The Bertz CT molecular complexity index is 972. The van der Waals surface area contributed by atoms with Gasteiger partial charge in [-0.2, -0.15) is 0 Å². The highest BCUT2D eigenvalue weighted by atomic mass is 16.6. The van der Waals surface area contributed by atoms with Crippen LogP contribution in [0.25, 0.3) is 0 Å². The fraction of sp³-hybridized carbons (Fsp3) is 0.467. The van der Waals surface area contributed by atoms with E-state index < -0.39 is 6.09 Å². The molecular formula is C30H39NO4. The minimum absolute atomic E-state index is 0.0474. The van der Waals surface area contributed by atoms with Gasteiger partial charge in [0, 0.05) is 13.0 Å². The summed E-state index contributed by atoms with van der Waals surface area (Å²) in [6.07, 6.45) is 3.98. The highest BCUT2D eigenvalue weighted by molar-refractivity contribution is 5.93. The van der Waals surface area contributed by atoms with Gasteiger partial charge in [0.15, 0.2) is 0 Å². The number of carbonyl (C=O) groups excluding carboxylic acids is 2. The zero-order chi connectivity index (χ0) is 25.2. The van der Waals surface area contributed by atoms with Crippen LogP contribution in [0.4, 0.5) is 4.79 Å². The molecule has 0 aliphatic carbocycles. The molecule has 0 saturated carbocycles. The molecule has 1 heterocycles. The molecule has 1 fully saturated rings. The number of imide groups is 1. The van der Waals surface area contributed by atoms with Gasteiger partial charge in [0.05, 0.1) is 6.61 Å². The van der Waals surface area contributed by atoms with Crippen molar-refractivity contribution in [2.45, 2.75) is 59.6 Å². The molecule has 2 aromatic rings. The minimum atomic E-state index is -0.547. The second-order valence-corrected chi connectivity index (χ2v) is 10.1. The summed E-state index contributed by atoms with van der Waals surface area (Å²) in [5.41, 5.74) is 3.40. The van der Waals surface area contributed by atoms with Crippen molar-refractivity contribution in [1.82, 2.24) is 4.90 Å². The number of ether oxygens (including phenoxy) is 2. The van der Waals surface area contributed by atoms with Gasteiger partial charge < -0.3 is 9.47 Å². The van der Waals surface area contributed by atoms with Crippen LogP contribution in [-0.4, -0.2) is 30.1 Å². The van der Waals surface area contributed by atoms with E-state index in [2.05, 4.69) is 39.0 Å². The molecule has 2 aromatic carbocycles. The Morgan fingerprint density at radius 3 is 2.37 bits per heavy atom. The first-order valence-corrected chi connectivity index (χ1v) is 12.7. The van der Waals surface area contributed by atoms with E-state index in [-0.39, 0.29) is 30.9 Å². The Morgan fingerprint density at radius 1 is 1.03 bits per heavy atom. The Labute approximate surface area is 210 Å². The van der Waals surface area contributed by atoms with Crippen LogP contribution in [0.2, 0.25) is 0 Å². The third kappa shape index (κ3) is 8.36. The lowest BCUT2D eigenvalue weighted by atomic mass is 9.91. The molecule has 188 valence electrons. The summed E-state index contributed by atoms with van der Waals surface area (Å²) in [4.78, 5) is 26.5. The Kier molecular flexibility index (Phi) is 10.1. The lowest BCUT2D eigenvalue weighted by Crippen LogP contribution is -2.34. The summed E-state index contributed by atoms with van der Waals surface area (Å²) < 4.78 is 11.1. The molecule has 0 aromatic heterocycles. The van der Waals surface area contributed by atoms with Crippen molar-refractivity contribution in [2.24, 2.45) is 17.8 Å². The number of cyclic esters (lactones) is 1. The van der Waals surface area contributed by atoms with Gasteiger partial charge >= 0.3 is 6.09 Å². The number of amides is 2. The molecule has 1 saturated heterocycles. The van der Waals surface area contributed by atoms with Crippen molar-refractivity contribution in [2.75, 3.05) is 13.2 Å². The van der Waals surface area contributed by atoms with E-state index in [0.717, 1.165) is 25.0 Å². The van der Waals surface area contributed by atoms with E-state index in [0.29, 0.717) is 18.4 Å². The monoisotopic (exact) mass is 477 g/mol. The maximum absolute atomic E-state index is 13.0.